The van der Waals surface area contributed by atoms with Crippen LogP contribution in [0.2, 0.25) is 5.02 Å². The van der Waals surface area contributed by atoms with Crippen LogP contribution in [0.1, 0.15) is 41.3 Å². The lowest BCUT2D eigenvalue weighted by atomic mass is 9.94. The molecule has 1 unspecified atom stereocenters. The van der Waals surface area contributed by atoms with Crippen LogP contribution in [0.5, 0.6) is 0 Å². The largest absolute Gasteiger partial charge is 0.395 e. The van der Waals surface area contributed by atoms with Crippen LogP contribution in [0.4, 0.5) is 0 Å². The first-order valence-electron chi connectivity index (χ1n) is 10.3. The minimum Gasteiger partial charge on any atom is -0.395 e. The molecule has 2 N–H and O–H groups in total. The standard InChI is InChI=1S/C22H28ClN5O/c1-16-20(13-24-10-12-29)22-25-9-8-21(28(22)26-16)18-3-2-11-27(15-18)14-17-4-6-19(23)7-5-17/h4-9,18,24,29H,2-3,10-15H2,1H3. The number of nitrogens with one attached hydrogen (secondary N) is 1. The zero-order valence-corrected chi connectivity index (χ0v) is 17.6. The van der Waals surface area contributed by atoms with Crippen molar-refractivity contribution in [3.8, 4) is 0 Å². The molecule has 0 aliphatic carbocycles. The fourth-order valence-electron chi connectivity index (χ4n) is 4.21. The van der Waals surface area contributed by atoms with Gasteiger partial charge in [0.05, 0.1) is 18.0 Å². The summed E-state index contributed by atoms with van der Waals surface area (Å²) in [5.41, 5.74) is 5.54. The molecule has 1 saturated heterocycles. The van der Waals surface area contributed by atoms with E-state index < -0.39 is 0 Å². The van der Waals surface area contributed by atoms with Gasteiger partial charge in [-0.2, -0.15) is 5.10 Å². The predicted octanol–water partition coefficient (Wildman–Crippen LogP) is 3.15. The van der Waals surface area contributed by atoms with Crippen LogP contribution in [0.25, 0.3) is 5.65 Å². The van der Waals surface area contributed by atoms with E-state index in [9.17, 15) is 0 Å². The van der Waals surface area contributed by atoms with Crippen LogP contribution in [-0.2, 0) is 13.1 Å². The van der Waals surface area contributed by atoms with Crippen LogP contribution in [-0.4, -0.2) is 50.8 Å². The molecule has 6 nitrogen and oxygen atoms in total. The van der Waals surface area contributed by atoms with Crippen molar-refractivity contribution >= 4 is 17.2 Å². The smallest absolute Gasteiger partial charge is 0.159 e. The van der Waals surface area contributed by atoms with Crippen LogP contribution in [0, 0.1) is 6.92 Å². The molecule has 1 aliphatic heterocycles. The Kier molecular flexibility index (Phi) is 6.45. The molecule has 7 heteroatoms. The summed E-state index contributed by atoms with van der Waals surface area (Å²) in [7, 11) is 0. The van der Waals surface area contributed by atoms with Crippen molar-refractivity contribution in [2.75, 3.05) is 26.2 Å². The molecule has 1 atom stereocenters. The second-order valence-corrected chi connectivity index (χ2v) is 8.21. The summed E-state index contributed by atoms with van der Waals surface area (Å²) in [6.45, 7) is 6.46. The number of likely N-dealkylation sites (tertiary alicyclic amines) is 1. The quantitative estimate of drug-likeness (QED) is 0.582. The summed E-state index contributed by atoms with van der Waals surface area (Å²) in [4.78, 5) is 7.12. The minimum absolute atomic E-state index is 0.127. The van der Waals surface area contributed by atoms with Crippen LogP contribution >= 0.6 is 11.6 Å². The number of hydrogen-bond acceptors (Lipinski definition) is 5. The van der Waals surface area contributed by atoms with Gasteiger partial charge in [-0.05, 0) is 50.1 Å². The van der Waals surface area contributed by atoms with E-state index in [0.29, 0.717) is 19.0 Å². The number of benzene rings is 1. The molecule has 0 amide bonds. The van der Waals surface area contributed by atoms with E-state index in [1.54, 1.807) is 0 Å². The maximum Gasteiger partial charge on any atom is 0.159 e. The number of fused-ring (bicyclic) bond motifs is 1. The molecular weight excluding hydrogens is 386 g/mol. The van der Waals surface area contributed by atoms with Crippen LogP contribution in [0.3, 0.4) is 0 Å². The summed E-state index contributed by atoms with van der Waals surface area (Å²) in [5.74, 6) is 0.430. The van der Waals surface area contributed by atoms with Crippen molar-refractivity contribution in [2.24, 2.45) is 0 Å². The Hall–Kier alpha value is -1.99. The molecule has 1 aromatic carbocycles. The second-order valence-electron chi connectivity index (χ2n) is 7.77. The Bertz CT molecular complexity index is 956. The fraction of sp³-hybridized carbons (Fsp3) is 0.455. The number of aromatic nitrogens is 3. The third-order valence-corrected chi connectivity index (χ3v) is 5.93. The molecule has 0 bridgehead atoms. The molecular formula is C22H28ClN5O. The summed E-state index contributed by atoms with van der Waals surface area (Å²) in [6.07, 6.45) is 4.24. The van der Waals surface area contributed by atoms with Gasteiger partial charge in [-0.25, -0.2) is 9.50 Å². The molecule has 154 valence electrons. The highest BCUT2D eigenvalue weighted by atomic mass is 35.5. The number of aryl methyl sites for hydroxylation is 1. The predicted molar refractivity (Wildman–Crippen MR) is 115 cm³/mol. The van der Waals surface area contributed by atoms with E-state index in [1.165, 1.54) is 17.7 Å². The Morgan fingerprint density at radius 3 is 2.86 bits per heavy atom. The highest BCUT2D eigenvalue weighted by Gasteiger charge is 2.25. The Morgan fingerprint density at radius 2 is 2.07 bits per heavy atom. The zero-order chi connectivity index (χ0) is 20.2. The van der Waals surface area contributed by atoms with Gasteiger partial charge in [0.25, 0.3) is 0 Å². The number of hydrogen-bond donors (Lipinski definition) is 2. The number of halogens is 1. The normalized spacial score (nSPS) is 17.8. The first kappa shape index (κ1) is 20.3. The van der Waals surface area contributed by atoms with Gasteiger partial charge >= 0.3 is 0 Å². The Morgan fingerprint density at radius 1 is 1.24 bits per heavy atom. The lowest BCUT2D eigenvalue weighted by molar-refractivity contribution is 0.197. The number of aliphatic hydroxyl groups excluding tert-OH is 1. The molecule has 3 aromatic rings. The first-order chi connectivity index (χ1) is 14.2. The van der Waals surface area contributed by atoms with Crippen molar-refractivity contribution in [3.63, 3.8) is 0 Å². The zero-order valence-electron chi connectivity index (χ0n) is 16.8. The van der Waals surface area contributed by atoms with Crippen molar-refractivity contribution < 1.29 is 5.11 Å². The molecule has 29 heavy (non-hydrogen) atoms. The number of rotatable bonds is 7. The summed E-state index contributed by atoms with van der Waals surface area (Å²) in [5, 5.41) is 17.9. The lowest BCUT2D eigenvalue weighted by Gasteiger charge is -2.33. The van der Waals surface area contributed by atoms with Crippen LogP contribution < -0.4 is 5.32 Å². The molecule has 2 aromatic heterocycles. The summed E-state index contributed by atoms with van der Waals surface area (Å²) in [6, 6.07) is 10.3. The molecule has 4 rings (SSSR count). The minimum atomic E-state index is 0.127. The van der Waals surface area contributed by atoms with Gasteiger partial charge in [-0.15, -0.1) is 0 Å². The SMILES string of the molecule is Cc1nn2c(C3CCCN(Cc4ccc(Cl)cc4)C3)ccnc2c1CNCCO. The van der Waals surface area contributed by atoms with E-state index in [1.807, 2.05) is 29.8 Å². The van der Waals surface area contributed by atoms with E-state index in [-0.39, 0.29) is 6.61 Å². The number of nitrogens with zero attached hydrogens (tertiary/aromatic N) is 4. The van der Waals surface area contributed by atoms with Gasteiger partial charge in [0.1, 0.15) is 0 Å². The average Bonchev–Trinajstić information content (AvgIpc) is 3.05. The second kappa shape index (κ2) is 9.22. The van der Waals surface area contributed by atoms with Gasteiger partial charge in [-0.3, -0.25) is 4.90 Å². The molecule has 0 spiro atoms. The third kappa shape index (κ3) is 4.61. The molecule has 3 heterocycles. The monoisotopic (exact) mass is 413 g/mol. The lowest BCUT2D eigenvalue weighted by Crippen LogP contribution is -2.34. The van der Waals surface area contributed by atoms with Gasteiger partial charge in [0, 0.05) is 48.9 Å². The van der Waals surface area contributed by atoms with E-state index in [2.05, 4.69) is 33.4 Å². The topological polar surface area (TPSA) is 65.7 Å². The highest BCUT2D eigenvalue weighted by Crippen LogP contribution is 2.29. The summed E-state index contributed by atoms with van der Waals surface area (Å²) < 4.78 is 2.03. The maximum absolute atomic E-state index is 9.03. The number of aliphatic hydroxyl groups is 1. The van der Waals surface area contributed by atoms with E-state index in [4.69, 9.17) is 21.8 Å². The maximum atomic E-state index is 9.03. The Balaban J connectivity index is 1.54. The molecule has 0 radical (unpaired) electrons. The van der Waals surface area contributed by atoms with Crippen molar-refractivity contribution in [2.45, 2.75) is 38.8 Å². The fourth-order valence-corrected chi connectivity index (χ4v) is 4.34. The molecule has 1 aliphatic rings. The van der Waals surface area contributed by atoms with Gasteiger partial charge in [0.15, 0.2) is 5.65 Å². The molecule has 0 saturated carbocycles. The van der Waals surface area contributed by atoms with Crippen molar-refractivity contribution in [3.05, 3.63) is 64.1 Å². The summed E-state index contributed by atoms with van der Waals surface area (Å²) >= 11 is 6.02. The van der Waals surface area contributed by atoms with Crippen molar-refractivity contribution in [1.29, 1.82) is 0 Å². The number of piperidine rings is 1. The third-order valence-electron chi connectivity index (χ3n) is 5.68. The van der Waals surface area contributed by atoms with Crippen LogP contribution in [0.15, 0.2) is 36.5 Å². The highest BCUT2D eigenvalue weighted by molar-refractivity contribution is 6.30. The van der Waals surface area contributed by atoms with Gasteiger partial charge < -0.3 is 10.4 Å². The average molecular weight is 414 g/mol. The van der Waals surface area contributed by atoms with E-state index >= 15 is 0 Å². The van der Waals surface area contributed by atoms with Gasteiger partial charge in [0.2, 0.25) is 0 Å². The first-order valence-corrected chi connectivity index (χ1v) is 10.6. The Labute approximate surface area is 176 Å². The molecule has 1 fully saturated rings. The van der Waals surface area contributed by atoms with Gasteiger partial charge in [-0.1, -0.05) is 23.7 Å². The van der Waals surface area contributed by atoms with Crippen molar-refractivity contribution in [1.82, 2.24) is 24.8 Å². The van der Waals surface area contributed by atoms with E-state index in [0.717, 1.165) is 48.0 Å².